The van der Waals surface area contributed by atoms with Crippen molar-refractivity contribution >= 4 is 25.9 Å². The van der Waals surface area contributed by atoms with E-state index in [0.717, 1.165) is 0 Å². The lowest BCUT2D eigenvalue weighted by atomic mass is 10.6. The van der Waals surface area contributed by atoms with Gasteiger partial charge in [0.2, 0.25) is 7.65 Å². The molecule has 74 valence electrons. The van der Waals surface area contributed by atoms with Crippen LogP contribution in [0, 0.1) is 0 Å². The van der Waals surface area contributed by atoms with Crippen LogP contribution in [0.4, 0.5) is 0 Å². The van der Waals surface area contributed by atoms with Crippen LogP contribution in [0.1, 0.15) is 0 Å². The highest BCUT2D eigenvalue weighted by Gasteiger charge is 2.14. The summed E-state index contributed by atoms with van der Waals surface area (Å²) < 4.78 is 14.7. The van der Waals surface area contributed by atoms with Crippen molar-refractivity contribution in [1.29, 1.82) is 0 Å². The largest absolute Gasteiger partial charge is 0.480 e. The van der Waals surface area contributed by atoms with Crippen LogP contribution in [0.2, 0.25) is 0 Å². The van der Waals surface area contributed by atoms with Crippen molar-refractivity contribution in [3.05, 3.63) is 0 Å². The van der Waals surface area contributed by atoms with Crippen molar-refractivity contribution in [1.82, 2.24) is 5.06 Å². The predicted molar refractivity (Wildman–Crippen MR) is 42.7 cm³/mol. The van der Waals surface area contributed by atoms with Crippen molar-refractivity contribution < 1.29 is 29.0 Å². The third kappa shape index (κ3) is 7.20. The highest BCUT2D eigenvalue weighted by molar-refractivity contribution is 7.37. The monoisotopic (exact) mass is 209 g/mol. The van der Waals surface area contributed by atoms with Crippen LogP contribution in [0.5, 0.6) is 0 Å². The Hall–Kier alpha value is -1.17. The van der Waals surface area contributed by atoms with Gasteiger partial charge in [-0.1, -0.05) is 0 Å². The molecule has 0 heterocycles. The molecular formula is C5H8NO6P. The van der Waals surface area contributed by atoms with Crippen molar-refractivity contribution in [3.8, 4) is 0 Å². The number of rotatable bonds is 6. The molecule has 2 N–H and O–H groups in total. The topological polar surface area (TPSA) is 104 Å². The van der Waals surface area contributed by atoms with Gasteiger partial charge in [0.25, 0.3) is 0 Å². The highest BCUT2D eigenvalue weighted by Crippen LogP contribution is 2.07. The molecule has 0 aromatic carbocycles. The van der Waals surface area contributed by atoms with Crippen molar-refractivity contribution in [2.24, 2.45) is 0 Å². The molecule has 0 bridgehead atoms. The smallest absolute Gasteiger partial charge is 0.320 e. The second-order valence-electron chi connectivity index (χ2n) is 2.00. The van der Waals surface area contributed by atoms with Gasteiger partial charge in [0, 0.05) is 0 Å². The summed E-state index contributed by atoms with van der Waals surface area (Å²) in [6, 6.07) is 0. The maximum atomic E-state index is 10.4. The van der Waals surface area contributed by atoms with Gasteiger partial charge in [-0.25, -0.2) is 9.19 Å². The summed E-state index contributed by atoms with van der Waals surface area (Å²) in [6.45, 7) is -1.33. The van der Waals surface area contributed by atoms with Gasteiger partial charge in [0.15, 0.2) is 0 Å². The minimum Gasteiger partial charge on any atom is -0.480 e. The lowest BCUT2D eigenvalue weighted by molar-refractivity contribution is -0.155. The Bertz CT molecular complexity index is 248. The van der Waals surface area contributed by atoms with E-state index in [4.69, 9.17) is 10.2 Å². The summed E-state index contributed by atoms with van der Waals surface area (Å²) >= 11 is 0. The molecule has 8 heteroatoms. The minimum atomic E-state index is -2.30. The van der Waals surface area contributed by atoms with Gasteiger partial charge in [-0.3, -0.25) is 9.59 Å². The number of aliphatic carboxylic acids is 2. The van der Waals surface area contributed by atoms with Gasteiger partial charge in [-0.05, 0) is 6.30 Å². The van der Waals surface area contributed by atoms with Gasteiger partial charge in [-0.2, -0.15) is 5.06 Å². The fraction of sp³-hybridized carbons (Fsp3) is 0.400. The number of carboxylic acid groups (broad SMARTS) is 2. The Morgan fingerprint density at radius 3 is 1.92 bits per heavy atom. The zero-order valence-electron chi connectivity index (χ0n) is 6.54. The van der Waals surface area contributed by atoms with Crippen LogP contribution in [0.3, 0.4) is 0 Å². The van der Waals surface area contributed by atoms with E-state index in [-0.39, 0.29) is 0 Å². The molecule has 0 radical (unpaired) electrons. The SMILES string of the molecule is C=P(=O)ON(CC(=O)O)CC(=O)O. The number of carboxylic acids is 2. The lowest BCUT2D eigenvalue weighted by Crippen LogP contribution is -2.32. The van der Waals surface area contributed by atoms with E-state index in [1.165, 1.54) is 0 Å². The van der Waals surface area contributed by atoms with E-state index in [0.29, 0.717) is 5.06 Å². The minimum absolute atomic E-state index is 0.552. The first-order chi connectivity index (χ1) is 5.91. The molecule has 0 amide bonds. The van der Waals surface area contributed by atoms with Crippen molar-refractivity contribution in [2.45, 2.75) is 0 Å². The van der Waals surface area contributed by atoms with Crippen LogP contribution >= 0.6 is 7.65 Å². The third-order valence-electron chi connectivity index (χ3n) is 0.830. The molecule has 0 saturated carbocycles. The second-order valence-corrected chi connectivity index (χ2v) is 2.83. The predicted octanol–water partition coefficient (Wildman–Crippen LogP) is -0.436. The maximum absolute atomic E-state index is 10.4. The fourth-order valence-electron chi connectivity index (χ4n) is 0.544. The van der Waals surface area contributed by atoms with Gasteiger partial charge in [0.05, 0.1) is 0 Å². The average Bonchev–Trinajstić information content (AvgIpc) is 1.80. The summed E-state index contributed by atoms with van der Waals surface area (Å²) in [5.74, 6) is -2.56. The molecule has 0 rings (SSSR count). The first-order valence-corrected chi connectivity index (χ1v) is 4.42. The van der Waals surface area contributed by atoms with E-state index in [1.54, 1.807) is 0 Å². The fourth-order valence-corrected chi connectivity index (χ4v) is 0.917. The molecular weight excluding hydrogens is 201 g/mol. The number of hydrogen-bond acceptors (Lipinski definition) is 5. The van der Waals surface area contributed by atoms with E-state index >= 15 is 0 Å². The van der Waals surface area contributed by atoms with E-state index < -0.39 is 32.7 Å². The molecule has 0 aliphatic heterocycles. The molecule has 0 fully saturated rings. The zero-order valence-corrected chi connectivity index (χ0v) is 7.44. The van der Waals surface area contributed by atoms with Crippen molar-refractivity contribution in [3.63, 3.8) is 0 Å². The highest BCUT2D eigenvalue weighted by atomic mass is 31.1. The third-order valence-corrected chi connectivity index (χ3v) is 1.24. The molecule has 1 unspecified atom stereocenters. The second kappa shape index (κ2) is 5.47. The molecule has 0 spiro atoms. The summed E-state index contributed by atoms with van der Waals surface area (Å²) in [5.41, 5.74) is 0. The van der Waals surface area contributed by atoms with Crippen LogP contribution in [0.15, 0.2) is 0 Å². The standard InChI is InChI=1S/C5H8NO6P/c1-13(11)12-6(2-4(7)8)3-5(9)10/h1-3H2,(H,7,8)(H,9,10). The number of carbonyl (C=O) groups is 2. The molecule has 0 aliphatic carbocycles. The van der Waals surface area contributed by atoms with E-state index in [2.05, 4.69) is 10.9 Å². The molecule has 7 nitrogen and oxygen atoms in total. The normalized spacial score (nSPS) is 11.3. The molecule has 0 aromatic heterocycles. The quantitative estimate of drug-likeness (QED) is 0.451. The van der Waals surface area contributed by atoms with Crippen LogP contribution in [0.25, 0.3) is 0 Å². The first-order valence-electron chi connectivity index (χ1n) is 3.06. The molecule has 0 aromatic rings. The van der Waals surface area contributed by atoms with Crippen LogP contribution in [-0.4, -0.2) is 46.6 Å². The number of hydrogen-bond donors (Lipinski definition) is 2. The molecule has 1 atom stereocenters. The lowest BCUT2D eigenvalue weighted by Gasteiger charge is -2.12. The molecule has 13 heavy (non-hydrogen) atoms. The van der Waals surface area contributed by atoms with Gasteiger partial charge >= 0.3 is 11.9 Å². The number of hydroxylamine groups is 2. The number of nitrogens with zero attached hydrogens (tertiary/aromatic N) is 1. The summed E-state index contributed by atoms with van der Waals surface area (Å²) in [4.78, 5) is 20.3. The van der Waals surface area contributed by atoms with E-state index in [9.17, 15) is 14.2 Å². The van der Waals surface area contributed by atoms with Gasteiger partial charge in [0.1, 0.15) is 13.1 Å². The van der Waals surface area contributed by atoms with Crippen LogP contribution in [-0.2, 0) is 18.8 Å². The zero-order chi connectivity index (χ0) is 10.4. The summed E-state index contributed by atoms with van der Waals surface area (Å²) in [5, 5.41) is 17.1. The molecule has 0 saturated heterocycles. The summed E-state index contributed by atoms with van der Waals surface area (Å²) in [7, 11) is -2.30. The van der Waals surface area contributed by atoms with Crippen LogP contribution < -0.4 is 0 Å². The Morgan fingerprint density at radius 1 is 1.31 bits per heavy atom. The maximum Gasteiger partial charge on any atom is 0.320 e. The Balaban J connectivity index is 4.18. The Labute approximate surface area is 74.0 Å². The van der Waals surface area contributed by atoms with Crippen molar-refractivity contribution in [2.75, 3.05) is 13.1 Å². The van der Waals surface area contributed by atoms with Gasteiger partial charge < -0.3 is 10.2 Å². The molecule has 0 aliphatic rings. The summed E-state index contributed by atoms with van der Waals surface area (Å²) in [6.07, 6.45) is 2.95. The Morgan fingerprint density at radius 2 is 1.69 bits per heavy atom. The first kappa shape index (κ1) is 11.8. The average molecular weight is 209 g/mol. The van der Waals surface area contributed by atoms with E-state index in [1.807, 2.05) is 0 Å². The van der Waals surface area contributed by atoms with Gasteiger partial charge in [-0.15, -0.1) is 0 Å². The Kier molecular flexibility index (Phi) is 4.98.